The van der Waals surface area contributed by atoms with Crippen LogP contribution in [-0.4, -0.2) is 37.8 Å². The summed E-state index contributed by atoms with van der Waals surface area (Å²) in [6.07, 6.45) is -0.311. The molecule has 0 bridgehead atoms. The van der Waals surface area contributed by atoms with Gasteiger partial charge in [-0.3, -0.25) is 0 Å². The lowest BCUT2D eigenvalue weighted by molar-refractivity contribution is -0.137. The Bertz CT molecular complexity index is 890. The monoisotopic (exact) mass is 419 g/mol. The Kier molecular flexibility index (Phi) is 6.58. The van der Waals surface area contributed by atoms with Gasteiger partial charge in [-0.15, -0.1) is 0 Å². The number of methoxy groups -OCH3 is 1. The van der Waals surface area contributed by atoms with Crippen LogP contribution in [0.15, 0.2) is 54.1 Å². The highest BCUT2D eigenvalue weighted by molar-refractivity contribution is 5.58. The molecule has 0 aromatic heterocycles. The van der Waals surface area contributed by atoms with Gasteiger partial charge in [0.25, 0.3) is 0 Å². The minimum Gasteiger partial charge on any atom is -0.497 e. The maximum Gasteiger partial charge on any atom is 0.416 e. The van der Waals surface area contributed by atoms with Gasteiger partial charge in [0.1, 0.15) is 11.4 Å². The Labute approximate surface area is 175 Å². The van der Waals surface area contributed by atoms with E-state index in [4.69, 9.17) is 4.74 Å². The first-order valence-electron chi connectivity index (χ1n) is 10.0. The summed E-state index contributed by atoms with van der Waals surface area (Å²) in [5.74, 6) is 0.508. The molecule has 3 nitrogen and oxygen atoms in total. The van der Waals surface area contributed by atoms with Crippen LogP contribution in [0.5, 0.6) is 5.75 Å². The highest BCUT2D eigenvalue weighted by Gasteiger charge is 2.45. The number of nitrogens with zero attached hydrogens (tertiary/aromatic N) is 1. The lowest BCUT2D eigenvalue weighted by Gasteiger charge is -2.44. The molecule has 6 heteroatoms. The highest BCUT2D eigenvalue weighted by Crippen LogP contribution is 2.47. The van der Waals surface area contributed by atoms with Crippen LogP contribution < -0.4 is 4.74 Å². The molecule has 1 fully saturated rings. The molecule has 0 radical (unpaired) electrons. The fourth-order valence-corrected chi connectivity index (χ4v) is 4.30. The topological polar surface area (TPSA) is 32.7 Å². The van der Waals surface area contributed by atoms with Gasteiger partial charge in [-0.25, -0.2) is 0 Å². The summed E-state index contributed by atoms with van der Waals surface area (Å²) in [5.41, 5.74) is -0.300. The number of alkyl halides is 3. The number of rotatable bonds is 5. The van der Waals surface area contributed by atoms with Crippen molar-refractivity contribution >= 4 is 6.08 Å². The zero-order valence-corrected chi connectivity index (χ0v) is 17.5. The minimum atomic E-state index is -4.46. The standard InChI is InChI=1S/C24H28F3NO2/c1-28(2)16-21-9-5-6-18(14-17-10-12-22(30-3)13-11-17)23(21,29)19-7-4-8-20(15-19)24(25,26)27/h4,7-8,10-15,21,29H,5-6,9,16H2,1-3H3/b18-14+. The maximum atomic E-state index is 13.4. The third-order valence-electron chi connectivity index (χ3n) is 5.75. The Hall–Kier alpha value is -2.31. The lowest BCUT2D eigenvalue weighted by Crippen LogP contribution is -2.44. The van der Waals surface area contributed by atoms with Gasteiger partial charge in [-0.1, -0.05) is 30.3 Å². The summed E-state index contributed by atoms with van der Waals surface area (Å²) >= 11 is 0. The molecule has 0 saturated heterocycles. The van der Waals surface area contributed by atoms with E-state index < -0.39 is 17.3 Å². The smallest absolute Gasteiger partial charge is 0.416 e. The molecule has 1 N–H and O–H groups in total. The molecular formula is C24H28F3NO2. The van der Waals surface area contributed by atoms with E-state index in [0.29, 0.717) is 18.5 Å². The highest BCUT2D eigenvalue weighted by atomic mass is 19.4. The van der Waals surface area contributed by atoms with Crippen molar-refractivity contribution in [3.8, 4) is 5.75 Å². The van der Waals surface area contributed by atoms with Gasteiger partial charge in [0, 0.05) is 12.5 Å². The lowest BCUT2D eigenvalue weighted by atomic mass is 9.67. The fraction of sp³-hybridized carbons (Fsp3) is 0.417. The Morgan fingerprint density at radius 2 is 1.87 bits per heavy atom. The number of aliphatic hydroxyl groups is 1. The Morgan fingerprint density at radius 3 is 2.47 bits per heavy atom. The van der Waals surface area contributed by atoms with Gasteiger partial charge >= 0.3 is 6.18 Å². The van der Waals surface area contributed by atoms with Gasteiger partial charge in [-0.05, 0) is 74.3 Å². The number of ether oxygens (including phenoxy) is 1. The van der Waals surface area contributed by atoms with E-state index in [1.165, 1.54) is 6.07 Å². The first kappa shape index (κ1) is 22.4. The SMILES string of the molecule is COc1ccc(/C=C2\CCCC(CN(C)C)C2(O)c2cccc(C(F)(F)F)c2)cc1. The predicted molar refractivity (Wildman–Crippen MR) is 112 cm³/mol. The van der Waals surface area contributed by atoms with Crippen molar-refractivity contribution < 1.29 is 23.0 Å². The second kappa shape index (κ2) is 8.82. The number of hydrogen-bond donors (Lipinski definition) is 1. The molecule has 3 rings (SSSR count). The van der Waals surface area contributed by atoms with Gasteiger partial charge < -0.3 is 14.7 Å². The summed E-state index contributed by atoms with van der Waals surface area (Å²) < 4.78 is 45.3. The van der Waals surface area contributed by atoms with Crippen LogP contribution in [0.2, 0.25) is 0 Å². The van der Waals surface area contributed by atoms with E-state index in [-0.39, 0.29) is 5.92 Å². The van der Waals surface area contributed by atoms with E-state index in [2.05, 4.69) is 0 Å². The second-order valence-electron chi connectivity index (χ2n) is 8.14. The van der Waals surface area contributed by atoms with Gasteiger partial charge in [0.05, 0.1) is 12.7 Å². The largest absolute Gasteiger partial charge is 0.497 e. The zero-order valence-electron chi connectivity index (χ0n) is 17.5. The summed E-state index contributed by atoms with van der Waals surface area (Å²) in [5, 5.41) is 12.0. The van der Waals surface area contributed by atoms with E-state index in [1.54, 1.807) is 13.2 Å². The molecule has 0 spiro atoms. The molecule has 0 heterocycles. The minimum absolute atomic E-state index is 0.214. The van der Waals surface area contributed by atoms with Gasteiger partial charge in [0.2, 0.25) is 0 Å². The molecule has 0 aliphatic heterocycles. The van der Waals surface area contributed by atoms with Crippen LogP contribution in [0.4, 0.5) is 13.2 Å². The van der Waals surface area contributed by atoms with Crippen molar-refractivity contribution in [3.05, 3.63) is 70.8 Å². The molecular weight excluding hydrogens is 391 g/mol. The molecule has 1 aliphatic carbocycles. The van der Waals surface area contributed by atoms with E-state index in [0.717, 1.165) is 41.9 Å². The van der Waals surface area contributed by atoms with Gasteiger partial charge in [-0.2, -0.15) is 13.2 Å². The van der Waals surface area contributed by atoms with Crippen LogP contribution in [0.3, 0.4) is 0 Å². The zero-order chi connectivity index (χ0) is 21.9. The quantitative estimate of drug-likeness (QED) is 0.710. The first-order chi connectivity index (χ1) is 14.1. The third kappa shape index (κ3) is 4.71. The predicted octanol–water partition coefficient (Wildman–Crippen LogP) is 5.35. The fourth-order valence-electron chi connectivity index (χ4n) is 4.30. The summed E-state index contributed by atoms with van der Waals surface area (Å²) in [7, 11) is 5.41. The van der Waals surface area contributed by atoms with Crippen molar-refractivity contribution in [3.63, 3.8) is 0 Å². The second-order valence-corrected chi connectivity index (χ2v) is 8.14. The van der Waals surface area contributed by atoms with E-state index in [1.807, 2.05) is 49.3 Å². The summed E-state index contributed by atoms with van der Waals surface area (Å²) in [4.78, 5) is 1.97. The normalized spacial score (nSPS) is 23.7. The molecule has 2 unspecified atom stereocenters. The number of halogens is 3. The van der Waals surface area contributed by atoms with Crippen molar-refractivity contribution in [2.45, 2.75) is 31.0 Å². The van der Waals surface area contributed by atoms with Crippen molar-refractivity contribution in [1.29, 1.82) is 0 Å². The average molecular weight is 419 g/mol. The number of benzene rings is 2. The molecule has 2 aromatic rings. The molecule has 1 saturated carbocycles. The molecule has 0 amide bonds. The Balaban J connectivity index is 2.11. The maximum absolute atomic E-state index is 13.4. The first-order valence-corrected chi connectivity index (χ1v) is 10.0. The van der Waals surface area contributed by atoms with Crippen molar-refractivity contribution in [1.82, 2.24) is 4.90 Å². The third-order valence-corrected chi connectivity index (χ3v) is 5.75. The van der Waals surface area contributed by atoms with Crippen LogP contribution in [-0.2, 0) is 11.8 Å². The van der Waals surface area contributed by atoms with E-state index in [9.17, 15) is 18.3 Å². The Morgan fingerprint density at radius 1 is 1.17 bits per heavy atom. The summed E-state index contributed by atoms with van der Waals surface area (Å²) in [6, 6.07) is 12.5. The average Bonchev–Trinajstić information content (AvgIpc) is 2.71. The molecule has 162 valence electrons. The van der Waals surface area contributed by atoms with Crippen LogP contribution >= 0.6 is 0 Å². The number of hydrogen-bond acceptors (Lipinski definition) is 3. The van der Waals surface area contributed by atoms with Crippen LogP contribution in [0, 0.1) is 5.92 Å². The van der Waals surface area contributed by atoms with Crippen molar-refractivity contribution in [2.75, 3.05) is 27.7 Å². The molecule has 1 aliphatic rings. The summed E-state index contributed by atoms with van der Waals surface area (Å²) in [6.45, 7) is 0.576. The van der Waals surface area contributed by atoms with Gasteiger partial charge in [0.15, 0.2) is 0 Å². The van der Waals surface area contributed by atoms with Crippen LogP contribution in [0.1, 0.15) is 36.0 Å². The van der Waals surface area contributed by atoms with Crippen LogP contribution in [0.25, 0.3) is 6.08 Å². The molecule has 2 atom stereocenters. The molecule has 30 heavy (non-hydrogen) atoms. The van der Waals surface area contributed by atoms with Crippen molar-refractivity contribution in [2.24, 2.45) is 5.92 Å². The molecule has 2 aromatic carbocycles. The van der Waals surface area contributed by atoms with E-state index >= 15 is 0 Å².